The van der Waals surface area contributed by atoms with Crippen molar-refractivity contribution in [3.8, 4) is 0 Å². The number of rotatable bonds is 7. The summed E-state index contributed by atoms with van der Waals surface area (Å²) in [5.74, 6) is -0.603. The van der Waals surface area contributed by atoms with Gasteiger partial charge in [0, 0.05) is 26.1 Å². The molecule has 0 aromatic heterocycles. The zero-order chi connectivity index (χ0) is 14.3. The molecule has 0 aromatic rings. The number of hydrogen-bond donors (Lipinski definition) is 3. The zero-order valence-corrected chi connectivity index (χ0v) is 11.6. The van der Waals surface area contributed by atoms with Gasteiger partial charge in [-0.25, -0.2) is 0 Å². The number of carbonyl (C=O) groups excluding carboxylic acids is 1. The van der Waals surface area contributed by atoms with Crippen molar-refractivity contribution in [3.63, 3.8) is 0 Å². The molecule has 1 aliphatic heterocycles. The second kappa shape index (κ2) is 8.12. The Morgan fingerprint density at radius 3 is 2.74 bits per heavy atom. The second-order valence-electron chi connectivity index (χ2n) is 5.40. The molecule has 1 amide bonds. The molecule has 1 saturated heterocycles. The van der Waals surface area contributed by atoms with Gasteiger partial charge >= 0.3 is 5.97 Å². The van der Waals surface area contributed by atoms with E-state index in [0.29, 0.717) is 25.6 Å². The number of carbonyl (C=O) groups is 2. The highest BCUT2D eigenvalue weighted by Crippen LogP contribution is 2.14. The van der Waals surface area contributed by atoms with Gasteiger partial charge in [-0.15, -0.1) is 0 Å². The van der Waals surface area contributed by atoms with Gasteiger partial charge in [0.1, 0.15) is 6.10 Å². The van der Waals surface area contributed by atoms with Crippen LogP contribution in [0.4, 0.5) is 0 Å². The summed E-state index contributed by atoms with van der Waals surface area (Å²) in [4.78, 5) is 22.6. The topological polar surface area (TPSA) is 87.7 Å². The van der Waals surface area contributed by atoms with Gasteiger partial charge < -0.3 is 20.5 Å². The Labute approximate surface area is 113 Å². The SMILES string of the molecule is CC(C)C[C@H](CNC(=O)C1CNCCO1)CC(=O)O. The zero-order valence-electron chi connectivity index (χ0n) is 11.6. The van der Waals surface area contributed by atoms with E-state index in [1.807, 2.05) is 13.8 Å². The molecule has 1 fully saturated rings. The Bertz CT molecular complexity index is 301. The van der Waals surface area contributed by atoms with Crippen LogP contribution in [0.2, 0.25) is 0 Å². The van der Waals surface area contributed by atoms with Crippen LogP contribution in [0, 0.1) is 11.8 Å². The quantitative estimate of drug-likeness (QED) is 0.617. The van der Waals surface area contributed by atoms with E-state index in [0.717, 1.165) is 13.0 Å². The largest absolute Gasteiger partial charge is 0.481 e. The first-order chi connectivity index (χ1) is 8.99. The fourth-order valence-corrected chi connectivity index (χ4v) is 2.25. The number of hydrogen-bond acceptors (Lipinski definition) is 4. The van der Waals surface area contributed by atoms with Gasteiger partial charge in [-0.2, -0.15) is 0 Å². The number of aliphatic carboxylic acids is 1. The Balaban J connectivity index is 2.36. The van der Waals surface area contributed by atoms with Gasteiger partial charge in [0.25, 0.3) is 0 Å². The summed E-state index contributed by atoms with van der Waals surface area (Å²) >= 11 is 0. The summed E-state index contributed by atoms with van der Waals surface area (Å²) in [6.07, 6.45) is 0.414. The van der Waals surface area contributed by atoms with Crippen molar-refractivity contribution >= 4 is 11.9 Å². The maximum absolute atomic E-state index is 11.9. The summed E-state index contributed by atoms with van der Waals surface area (Å²) in [7, 11) is 0. The summed E-state index contributed by atoms with van der Waals surface area (Å²) < 4.78 is 5.34. The molecule has 6 heteroatoms. The van der Waals surface area contributed by atoms with Gasteiger partial charge in [-0.1, -0.05) is 13.8 Å². The van der Waals surface area contributed by atoms with Crippen LogP contribution >= 0.6 is 0 Å². The van der Waals surface area contributed by atoms with Gasteiger partial charge in [0.05, 0.1) is 6.61 Å². The maximum Gasteiger partial charge on any atom is 0.303 e. The minimum atomic E-state index is -0.824. The van der Waals surface area contributed by atoms with Gasteiger partial charge in [0.15, 0.2) is 0 Å². The maximum atomic E-state index is 11.9. The molecule has 1 aliphatic rings. The van der Waals surface area contributed by atoms with Crippen LogP contribution in [-0.2, 0) is 14.3 Å². The number of carboxylic acids is 1. The van der Waals surface area contributed by atoms with Crippen molar-refractivity contribution in [1.29, 1.82) is 0 Å². The lowest BCUT2D eigenvalue weighted by Gasteiger charge is -2.24. The molecular weight excluding hydrogens is 248 g/mol. The average molecular weight is 272 g/mol. The lowest BCUT2D eigenvalue weighted by atomic mass is 9.94. The summed E-state index contributed by atoms with van der Waals surface area (Å²) in [6, 6.07) is 0. The standard InChI is InChI=1S/C13H24N2O4/c1-9(2)5-10(6-12(16)17)7-15-13(18)11-8-14-3-4-19-11/h9-11,14H,3-8H2,1-2H3,(H,15,18)(H,16,17)/t10-,11?/m0/s1. The molecule has 0 aromatic carbocycles. The molecule has 19 heavy (non-hydrogen) atoms. The Morgan fingerprint density at radius 1 is 1.47 bits per heavy atom. The van der Waals surface area contributed by atoms with Gasteiger partial charge in [-0.3, -0.25) is 9.59 Å². The predicted molar refractivity (Wildman–Crippen MR) is 70.8 cm³/mol. The normalized spacial score (nSPS) is 21.1. The first-order valence-electron chi connectivity index (χ1n) is 6.81. The van der Waals surface area contributed by atoms with E-state index in [4.69, 9.17) is 9.84 Å². The van der Waals surface area contributed by atoms with E-state index in [2.05, 4.69) is 10.6 Å². The fraction of sp³-hybridized carbons (Fsp3) is 0.846. The molecule has 3 N–H and O–H groups in total. The molecular formula is C13H24N2O4. The number of ether oxygens (including phenoxy) is 1. The van der Waals surface area contributed by atoms with Crippen molar-refractivity contribution in [2.24, 2.45) is 11.8 Å². The van der Waals surface area contributed by atoms with Crippen LogP contribution in [0.15, 0.2) is 0 Å². The molecule has 0 spiro atoms. The van der Waals surface area contributed by atoms with E-state index >= 15 is 0 Å². The smallest absolute Gasteiger partial charge is 0.303 e. The van der Waals surface area contributed by atoms with Crippen LogP contribution in [-0.4, -0.2) is 49.3 Å². The van der Waals surface area contributed by atoms with Crippen LogP contribution < -0.4 is 10.6 Å². The molecule has 1 rings (SSSR count). The minimum Gasteiger partial charge on any atom is -0.481 e. The highest BCUT2D eigenvalue weighted by Gasteiger charge is 2.23. The third kappa shape index (κ3) is 6.54. The number of nitrogens with one attached hydrogen (secondary N) is 2. The third-order valence-corrected chi connectivity index (χ3v) is 3.05. The van der Waals surface area contributed by atoms with E-state index in [9.17, 15) is 9.59 Å². The average Bonchev–Trinajstić information content (AvgIpc) is 2.35. The molecule has 0 bridgehead atoms. The summed E-state index contributed by atoms with van der Waals surface area (Å²) in [6.45, 7) is 6.29. The summed E-state index contributed by atoms with van der Waals surface area (Å²) in [5, 5.41) is 14.7. The lowest BCUT2D eigenvalue weighted by Crippen LogP contribution is -2.48. The lowest BCUT2D eigenvalue weighted by molar-refractivity contribution is -0.139. The van der Waals surface area contributed by atoms with Gasteiger partial charge in [0.2, 0.25) is 5.91 Å². The Morgan fingerprint density at radius 2 is 2.21 bits per heavy atom. The fourth-order valence-electron chi connectivity index (χ4n) is 2.25. The van der Waals surface area contributed by atoms with Crippen LogP contribution in [0.5, 0.6) is 0 Å². The highest BCUT2D eigenvalue weighted by molar-refractivity contribution is 5.81. The second-order valence-corrected chi connectivity index (χ2v) is 5.40. The van der Waals surface area contributed by atoms with Crippen molar-refractivity contribution < 1.29 is 19.4 Å². The first-order valence-corrected chi connectivity index (χ1v) is 6.81. The number of morpholine rings is 1. The Kier molecular flexibility index (Phi) is 6.80. The molecule has 0 saturated carbocycles. The molecule has 2 atom stereocenters. The van der Waals surface area contributed by atoms with E-state index in [1.165, 1.54) is 0 Å². The van der Waals surface area contributed by atoms with Crippen molar-refractivity contribution in [3.05, 3.63) is 0 Å². The van der Waals surface area contributed by atoms with Crippen LogP contribution in [0.1, 0.15) is 26.7 Å². The van der Waals surface area contributed by atoms with E-state index in [1.54, 1.807) is 0 Å². The van der Waals surface area contributed by atoms with E-state index < -0.39 is 12.1 Å². The molecule has 110 valence electrons. The van der Waals surface area contributed by atoms with Crippen LogP contribution in [0.25, 0.3) is 0 Å². The number of carboxylic acid groups (broad SMARTS) is 1. The molecule has 1 unspecified atom stereocenters. The highest BCUT2D eigenvalue weighted by atomic mass is 16.5. The summed E-state index contributed by atoms with van der Waals surface area (Å²) in [5.41, 5.74) is 0. The predicted octanol–water partition coefficient (Wildman–Crippen LogP) is 0.228. The molecule has 0 aliphatic carbocycles. The van der Waals surface area contributed by atoms with Crippen LogP contribution in [0.3, 0.4) is 0 Å². The number of amides is 1. The molecule has 0 radical (unpaired) electrons. The van der Waals surface area contributed by atoms with E-state index in [-0.39, 0.29) is 18.2 Å². The minimum absolute atomic E-state index is 0.0296. The van der Waals surface area contributed by atoms with Crippen molar-refractivity contribution in [2.75, 3.05) is 26.2 Å². The Hall–Kier alpha value is -1.14. The molecule has 6 nitrogen and oxygen atoms in total. The van der Waals surface area contributed by atoms with Crippen molar-refractivity contribution in [2.45, 2.75) is 32.8 Å². The third-order valence-electron chi connectivity index (χ3n) is 3.05. The van der Waals surface area contributed by atoms with Gasteiger partial charge in [-0.05, 0) is 18.3 Å². The monoisotopic (exact) mass is 272 g/mol. The van der Waals surface area contributed by atoms with Crippen molar-refractivity contribution in [1.82, 2.24) is 10.6 Å². The molecule has 1 heterocycles. The first kappa shape index (κ1) is 15.9.